The van der Waals surface area contributed by atoms with Crippen molar-refractivity contribution in [1.82, 2.24) is 9.97 Å². The first-order chi connectivity index (χ1) is 10.0. The zero-order valence-corrected chi connectivity index (χ0v) is 14.0. The number of aryl methyl sites for hydroxylation is 1. The predicted molar refractivity (Wildman–Crippen MR) is 88.9 cm³/mol. The molecule has 0 aliphatic heterocycles. The molecule has 5 nitrogen and oxygen atoms in total. The molecular formula is C16H30N4O. The molecule has 0 bridgehead atoms. The quantitative estimate of drug-likeness (QED) is 0.653. The van der Waals surface area contributed by atoms with Crippen LogP contribution in [0.4, 0.5) is 11.6 Å². The van der Waals surface area contributed by atoms with Gasteiger partial charge in [0.15, 0.2) is 0 Å². The lowest BCUT2D eigenvalue weighted by atomic mass is 10.1. The lowest BCUT2D eigenvalue weighted by Crippen LogP contribution is -2.30. The van der Waals surface area contributed by atoms with E-state index in [9.17, 15) is 5.11 Å². The van der Waals surface area contributed by atoms with Crippen LogP contribution >= 0.6 is 0 Å². The number of aliphatic hydroxyl groups excluding tert-OH is 1. The van der Waals surface area contributed by atoms with Crippen molar-refractivity contribution in [3.8, 4) is 0 Å². The Labute approximate surface area is 128 Å². The van der Waals surface area contributed by atoms with E-state index in [2.05, 4.69) is 48.3 Å². The average Bonchev–Trinajstić information content (AvgIpc) is 2.45. The molecule has 0 radical (unpaired) electrons. The van der Waals surface area contributed by atoms with E-state index >= 15 is 0 Å². The first-order valence-corrected chi connectivity index (χ1v) is 8.02. The van der Waals surface area contributed by atoms with Crippen molar-refractivity contribution in [2.75, 3.05) is 23.8 Å². The number of hydrogen-bond donors (Lipinski definition) is 3. The molecule has 1 aromatic rings. The van der Waals surface area contributed by atoms with Crippen molar-refractivity contribution >= 4 is 11.6 Å². The Morgan fingerprint density at radius 1 is 1.10 bits per heavy atom. The number of nitrogens with one attached hydrogen (secondary N) is 2. The van der Waals surface area contributed by atoms with Crippen molar-refractivity contribution in [2.24, 2.45) is 5.92 Å². The van der Waals surface area contributed by atoms with Crippen LogP contribution in [-0.2, 0) is 6.42 Å². The normalized spacial score (nSPS) is 12.5. The third-order valence-electron chi connectivity index (χ3n) is 3.53. The molecule has 1 aromatic heterocycles. The smallest absolute Gasteiger partial charge is 0.135 e. The Morgan fingerprint density at radius 2 is 1.76 bits per heavy atom. The maximum absolute atomic E-state index is 9.51. The first-order valence-electron chi connectivity index (χ1n) is 8.02. The summed E-state index contributed by atoms with van der Waals surface area (Å²) < 4.78 is 0. The minimum atomic E-state index is 0.00658. The molecule has 1 unspecified atom stereocenters. The molecule has 120 valence electrons. The van der Waals surface area contributed by atoms with Crippen LogP contribution in [0.5, 0.6) is 0 Å². The average molecular weight is 294 g/mol. The van der Waals surface area contributed by atoms with E-state index in [1.165, 1.54) is 0 Å². The van der Waals surface area contributed by atoms with Crippen LogP contribution in [0.3, 0.4) is 0 Å². The number of anilines is 2. The zero-order valence-electron chi connectivity index (χ0n) is 14.0. The van der Waals surface area contributed by atoms with E-state index in [1.54, 1.807) is 0 Å². The summed E-state index contributed by atoms with van der Waals surface area (Å²) in [5.41, 5.74) is 1.02. The molecule has 21 heavy (non-hydrogen) atoms. The summed E-state index contributed by atoms with van der Waals surface area (Å²) in [5, 5.41) is 16.3. The van der Waals surface area contributed by atoms with Crippen molar-refractivity contribution in [3.05, 3.63) is 11.4 Å². The minimum absolute atomic E-state index is 0.00658. The van der Waals surface area contributed by atoms with Gasteiger partial charge in [0.05, 0.1) is 12.6 Å². The van der Waals surface area contributed by atoms with Gasteiger partial charge in [-0.1, -0.05) is 27.7 Å². The number of hydrogen-bond acceptors (Lipinski definition) is 5. The Balaban J connectivity index is 3.06. The standard InChI is InChI=1S/C16H30N4O/c1-6-8-14-19-15(17-9-7-2)12(5)16(20-14)18-13(10-21)11(3)4/h11,13,21H,6-10H2,1-5H3,(H2,17,18,19,20). The minimum Gasteiger partial charge on any atom is -0.394 e. The molecule has 3 N–H and O–H groups in total. The highest BCUT2D eigenvalue weighted by molar-refractivity contribution is 5.57. The second-order valence-corrected chi connectivity index (χ2v) is 5.82. The SMILES string of the molecule is CCCNc1nc(CCC)nc(NC(CO)C(C)C)c1C. The van der Waals surface area contributed by atoms with Crippen LogP contribution in [0.15, 0.2) is 0 Å². The van der Waals surface area contributed by atoms with Gasteiger partial charge in [-0.3, -0.25) is 0 Å². The van der Waals surface area contributed by atoms with Crippen LogP contribution in [0, 0.1) is 12.8 Å². The molecule has 1 rings (SSSR count). The molecule has 1 atom stereocenters. The maximum Gasteiger partial charge on any atom is 0.135 e. The largest absolute Gasteiger partial charge is 0.394 e. The summed E-state index contributed by atoms with van der Waals surface area (Å²) in [4.78, 5) is 9.24. The molecule has 0 saturated heterocycles. The maximum atomic E-state index is 9.51. The van der Waals surface area contributed by atoms with Gasteiger partial charge in [-0.15, -0.1) is 0 Å². The summed E-state index contributed by atoms with van der Waals surface area (Å²) in [6.07, 6.45) is 2.94. The van der Waals surface area contributed by atoms with Gasteiger partial charge in [-0.2, -0.15) is 0 Å². The van der Waals surface area contributed by atoms with Gasteiger partial charge >= 0.3 is 0 Å². The van der Waals surface area contributed by atoms with Gasteiger partial charge in [0, 0.05) is 18.5 Å². The summed E-state index contributed by atoms with van der Waals surface area (Å²) in [7, 11) is 0. The molecule has 1 heterocycles. The zero-order chi connectivity index (χ0) is 15.8. The van der Waals surface area contributed by atoms with Crippen LogP contribution in [0.2, 0.25) is 0 Å². The Kier molecular flexibility index (Phi) is 7.43. The molecule has 0 aliphatic carbocycles. The fourth-order valence-corrected chi connectivity index (χ4v) is 2.05. The predicted octanol–water partition coefficient (Wildman–Crippen LogP) is 2.99. The molecule has 0 aromatic carbocycles. The molecular weight excluding hydrogens is 264 g/mol. The second-order valence-electron chi connectivity index (χ2n) is 5.82. The lowest BCUT2D eigenvalue weighted by molar-refractivity contribution is 0.249. The van der Waals surface area contributed by atoms with Crippen LogP contribution in [-0.4, -0.2) is 34.3 Å². The van der Waals surface area contributed by atoms with Gasteiger partial charge in [0.2, 0.25) is 0 Å². The molecule has 5 heteroatoms. The summed E-state index contributed by atoms with van der Waals surface area (Å²) in [5.74, 6) is 2.92. The topological polar surface area (TPSA) is 70.1 Å². The number of nitrogens with zero attached hydrogens (tertiary/aromatic N) is 2. The van der Waals surface area contributed by atoms with Crippen LogP contribution < -0.4 is 10.6 Å². The molecule has 0 aliphatic rings. The summed E-state index contributed by atoms with van der Waals surface area (Å²) in [6.45, 7) is 11.5. The number of rotatable bonds is 9. The fourth-order valence-electron chi connectivity index (χ4n) is 2.05. The van der Waals surface area contributed by atoms with Crippen LogP contribution in [0.25, 0.3) is 0 Å². The fraction of sp³-hybridized carbons (Fsp3) is 0.750. The first kappa shape index (κ1) is 17.7. The van der Waals surface area contributed by atoms with E-state index in [0.717, 1.165) is 48.8 Å². The Hall–Kier alpha value is -1.36. The number of aliphatic hydroxyl groups is 1. The molecule has 0 spiro atoms. The van der Waals surface area contributed by atoms with Crippen molar-refractivity contribution in [2.45, 2.75) is 59.9 Å². The van der Waals surface area contributed by atoms with Gasteiger partial charge in [0.25, 0.3) is 0 Å². The Bertz CT molecular complexity index is 435. The van der Waals surface area contributed by atoms with E-state index in [-0.39, 0.29) is 12.6 Å². The highest BCUT2D eigenvalue weighted by atomic mass is 16.3. The van der Waals surface area contributed by atoms with Crippen molar-refractivity contribution in [1.29, 1.82) is 0 Å². The third kappa shape index (κ3) is 5.16. The van der Waals surface area contributed by atoms with Crippen LogP contribution in [0.1, 0.15) is 51.9 Å². The second kappa shape index (κ2) is 8.82. The van der Waals surface area contributed by atoms with Gasteiger partial charge in [-0.25, -0.2) is 9.97 Å². The molecule has 0 fully saturated rings. The van der Waals surface area contributed by atoms with Crippen molar-refractivity contribution in [3.63, 3.8) is 0 Å². The van der Waals surface area contributed by atoms with Gasteiger partial charge < -0.3 is 15.7 Å². The van der Waals surface area contributed by atoms with E-state index in [0.29, 0.717) is 5.92 Å². The van der Waals surface area contributed by atoms with Crippen molar-refractivity contribution < 1.29 is 5.11 Å². The summed E-state index contributed by atoms with van der Waals surface area (Å²) >= 11 is 0. The number of aromatic nitrogens is 2. The van der Waals surface area contributed by atoms with E-state index < -0.39 is 0 Å². The van der Waals surface area contributed by atoms with E-state index in [1.807, 2.05) is 6.92 Å². The Morgan fingerprint density at radius 3 is 2.29 bits per heavy atom. The highest BCUT2D eigenvalue weighted by Crippen LogP contribution is 2.22. The van der Waals surface area contributed by atoms with Gasteiger partial charge in [0.1, 0.15) is 17.5 Å². The van der Waals surface area contributed by atoms with Gasteiger partial charge in [-0.05, 0) is 25.7 Å². The monoisotopic (exact) mass is 294 g/mol. The lowest BCUT2D eigenvalue weighted by Gasteiger charge is -2.23. The molecule has 0 saturated carbocycles. The third-order valence-corrected chi connectivity index (χ3v) is 3.53. The highest BCUT2D eigenvalue weighted by Gasteiger charge is 2.16. The summed E-state index contributed by atoms with van der Waals surface area (Å²) in [6, 6.07) is 0.00658. The molecule has 0 amide bonds. The van der Waals surface area contributed by atoms with E-state index in [4.69, 9.17) is 0 Å².